The summed E-state index contributed by atoms with van der Waals surface area (Å²) in [7, 11) is 3.26. The molecule has 0 amide bonds. The third-order valence-electron chi connectivity index (χ3n) is 6.03. The van der Waals surface area contributed by atoms with Crippen molar-refractivity contribution in [2.45, 2.75) is 5.92 Å². The molecule has 1 atom stereocenters. The summed E-state index contributed by atoms with van der Waals surface area (Å²) < 4.78 is 16.7. The van der Waals surface area contributed by atoms with E-state index in [2.05, 4.69) is 12.1 Å². The van der Waals surface area contributed by atoms with Crippen LogP contribution in [0, 0.1) is 0 Å². The SMILES string of the molecule is COc1ccc(/C=C2\C(=O)c3c(Oc4ccc(OC)cc4)cccc3C2c2ccccc2)cc1. The van der Waals surface area contributed by atoms with Gasteiger partial charge in [-0.1, -0.05) is 54.6 Å². The van der Waals surface area contributed by atoms with E-state index >= 15 is 0 Å². The first-order valence-corrected chi connectivity index (χ1v) is 11.1. The van der Waals surface area contributed by atoms with Crippen LogP contribution >= 0.6 is 0 Å². The number of hydrogen-bond donors (Lipinski definition) is 0. The van der Waals surface area contributed by atoms with E-state index in [1.54, 1.807) is 14.2 Å². The number of methoxy groups -OCH3 is 2. The smallest absolute Gasteiger partial charge is 0.194 e. The number of carbonyl (C=O) groups is 1. The molecule has 168 valence electrons. The van der Waals surface area contributed by atoms with Gasteiger partial charge in [-0.05, 0) is 65.2 Å². The Balaban J connectivity index is 1.60. The van der Waals surface area contributed by atoms with Crippen molar-refractivity contribution in [3.8, 4) is 23.0 Å². The summed E-state index contributed by atoms with van der Waals surface area (Å²) in [6, 6.07) is 31.0. The monoisotopic (exact) mass is 448 g/mol. The fourth-order valence-corrected chi connectivity index (χ4v) is 4.36. The summed E-state index contributed by atoms with van der Waals surface area (Å²) in [5.74, 6) is 2.51. The number of Topliss-reactive ketones (excluding diaryl/α,β-unsaturated/α-hetero) is 1. The molecule has 1 aliphatic rings. The summed E-state index contributed by atoms with van der Waals surface area (Å²) in [4.78, 5) is 13.8. The van der Waals surface area contributed by atoms with E-state index in [9.17, 15) is 4.79 Å². The standard InChI is InChI=1S/C30H24O4/c1-32-22-13-11-20(12-14-22)19-26-28(21-7-4-3-5-8-21)25-9-6-10-27(29(25)30(26)31)34-24-17-15-23(33-2)16-18-24/h3-19,28H,1-2H3/b26-19-. The summed E-state index contributed by atoms with van der Waals surface area (Å²) in [6.45, 7) is 0. The van der Waals surface area contributed by atoms with E-state index in [1.807, 2.05) is 91.0 Å². The fraction of sp³-hybridized carbons (Fsp3) is 0.100. The minimum absolute atomic E-state index is 0.0243. The van der Waals surface area contributed by atoms with Gasteiger partial charge in [0, 0.05) is 11.5 Å². The highest BCUT2D eigenvalue weighted by Gasteiger charge is 2.38. The molecule has 5 rings (SSSR count). The molecule has 0 radical (unpaired) electrons. The maximum absolute atomic E-state index is 13.8. The summed E-state index contributed by atoms with van der Waals surface area (Å²) in [6.07, 6.45) is 1.97. The quantitative estimate of drug-likeness (QED) is 0.301. The molecule has 4 aromatic carbocycles. The van der Waals surface area contributed by atoms with Crippen molar-refractivity contribution in [3.05, 3.63) is 125 Å². The Morgan fingerprint density at radius 3 is 1.94 bits per heavy atom. The van der Waals surface area contributed by atoms with Gasteiger partial charge >= 0.3 is 0 Å². The zero-order chi connectivity index (χ0) is 23.5. The molecular weight excluding hydrogens is 424 g/mol. The highest BCUT2D eigenvalue weighted by molar-refractivity contribution is 6.19. The first kappa shape index (κ1) is 21.5. The van der Waals surface area contributed by atoms with E-state index < -0.39 is 0 Å². The average molecular weight is 449 g/mol. The van der Waals surface area contributed by atoms with Crippen molar-refractivity contribution in [3.63, 3.8) is 0 Å². The molecule has 1 unspecified atom stereocenters. The van der Waals surface area contributed by atoms with Crippen molar-refractivity contribution in [2.75, 3.05) is 14.2 Å². The zero-order valence-corrected chi connectivity index (χ0v) is 19.0. The van der Waals surface area contributed by atoms with Crippen LogP contribution in [0.1, 0.15) is 33.0 Å². The van der Waals surface area contributed by atoms with Gasteiger partial charge in [0.25, 0.3) is 0 Å². The van der Waals surface area contributed by atoms with Gasteiger partial charge in [0.2, 0.25) is 0 Å². The Labute approximate surface area is 199 Å². The topological polar surface area (TPSA) is 44.8 Å². The lowest BCUT2D eigenvalue weighted by Gasteiger charge is -2.14. The first-order chi connectivity index (χ1) is 16.7. The van der Waals surface area contributed by atoms with Crippen molar-refractivity contribution in [2.24, 2.45) is 0 Å². The Hall–Kier alpha value is -4.31. The van der Waals surface area contributed by atoms with Crippen LogP contribution in [0.5, 0.6) is 23.0 Å². The Morgan fingerprint density at radius 2 is 1.29 bits per heavy atom. The lowest BCUT2D eigenvalue weighted by atomic mass is 9.89. The predicted octanol–water partition coefficient (Wildman–Crippen LogP) is 6.91. The maximum Gasteiger partial charge on any atom is 0.194 e. The van der Waals surface area contributed by atoms with Gasteiger partial charge in [0.15, 0.2) is 5.78 Å². The average Bonchev–Trinajstić information content (AvgIpc) is 3.17. The predicted molar refractivity (Wildman–Crippen MR) is 133 cm³/mol. The minimum atomic E-state index is -0.176. The molecule has 4 aromatic rings. The Morgan fingerprint density at radius 1 is 0.676 bits per heavy atom. The molecule has 0 fully saturated rings. The van der Waals surface area contributed by atoms with Gasteiger partial charge in [-0.2, -0.15) is 0 Å². The Bertz CT molecular complexity index is 1340. The minimum Gasteiger partial charge on any atom is -0.497 e. The number of ketones is 1. The molecule has 0 heterocycles. The molecular formula is C30H24O4. The molecule has 4 nitrogen and oxygen atoms in total. The molecule has 0 bridgehead atoms. The van der Waals surface area contributed by atoms with E-state index in [0.717, 1.165) is 33.8 Å². The zero-order valence-electron chi connectivity index (χ0n) is 19.0. The van der Waals surface area contributed by atoms with Gasteiger partial charge < -0.3 is 14.2 Å². The molecule has 0 saturated carbocycles. The van der Waals surface area contributed by atoms with Crippen molar-refractivity contribution >= 4 is 11.9 Å². The second-order valence-corrected chi connectivity index (χ2v) is 8.04. The van der Waals surface area contributed by atoms with Crippen LogP contribution in [-0.2, 0) is 0 Å². The highest BCUT2D eigenvalue weighted by Crippen LogP contribution is 2.47. The first-order valence-electron chi connectivity index (χ1n) is 11.1. The molecule has 4 heteroatoms. The molecule has 0 spiro atoms. The lowest BCUT2D eigenvalue weighted by Crippen LogP contribution is -2.02. The molecule has 0 aliphatic heterocycles. The number of carbonyl (C=O) groups excluding carboxylic acids is 1. The van der Waals surface area contributed by atoms with Gasteiger partial charge in [-0.15, -0.1) is 0 Å². The largest absolute Gasteiger partial charge is 0.497 e. The summed E-state index contributed by atoms with van der Waals surface area (Å²) >= 11 is 0. The summed E-state index contributed by atoms with van der Waals surface area (Å²) in [5, 5.41) is 0. The van der Waals surface area contributed by atoms with Crippen molar-refractivity contribution in [1.29, 1.82) is 0 Å². The normalized spacial score (nSPS) is 15.8. The number of rotatable bonds is 6. The maximum atomic E-state index is 13.8. The highest BCUT2D eigenvalue weighted by atomic mass is 16.5. The van der Waals surface area contributed by atoms with Crippen molar-refractivity contribution in [1.82, 2.24) is 0 Å². The number of ether oxygens (including phenoxy) is 3. The van der Waals surface area contributed by atoms with Gasteiger partial charge in [0.05, 0.1) is 19.8 Å². The molecule has 1 aliphatic carbocycles. The van der Waals surface area contributed by atoms with Crippen LogP contribution in [0.3, 0.4) is 0 Å². The third kappa shape index (κ3) is 4.06. The van der Waals surface area contributed by atoms with Crippen LogP contribution < -0.4 is 14.2 Å². The van der Waals surface area contributed by atoms with E-state index in [-0.39, 0.29) is 11.7 Å². The molecule has 0 aromatic heterocycles. The molecule has 34 heavy (non-hydrogen) atoms. The van der Waals surface area contributed by atoms with E-state index in [0.29, 0.717) is 17.1 Å². The van der Waals surface area contributed by atoms with Crippen LogP contribution in [0.4, 0.5) is 0 Å². The van der Waals surface area contributed by atoms with Crippen LogP contribution in [-0.4, -0.2) is 20.0 Å². The number of fused-ring (bicyclic) bond motifs is 1. The van der Waals surface area contributed by atoms with Crippen molar-refractivity contribution < 1.29 is 19.0 Å². The van der Waals surface area contributed by atoms with Crippen LogP contribution in [0.2, 0.25) is 0 Å². The number of benzene rings is 4. The third-order valence-corrected chi connectivity index (χ3v) is 6.03. The fourth-order valence-electron chi connectivity index (χ4n) is 4.36. The lowest BCUT2D eigenvalue weighted by molar-refractivity contribution is 0.103. The van der Waals surface area contributed by atoms with Gasteiger partial charge in [0.1, 0.15) is 23.0 Å². The van der Waals surface area contributed by atoms with Gasteiger partial charge in [-0.25, -0.2) is 0 Å². The number of hydrogen-bond acceptors (Lipinski definition) is 4. The van der Waals surface area contributed by atoms with E-state index in [1.165, 1.54) is 0 Å². The summed E-state index contributed by atoms with van der Waals surface area (Å²) in [5.41, 5.74) is 4.28. The Kier molecular flexibility index (Phi) is 5.88. The molecule has 0 saturated heterocycles. The van der Waals surface area contributed by atoms with Gasteiger partial charge in [-0.3, -0.25) is 4.79 Å². The van der Waals surface area contributed by atoms with Crippen LogP contribution in [0.25, 0.3) is 6.08 Å². The van der Waals surface area contributed by atoms with E-state index in [4.69, 9.17) is 14.2 Å². The second kappa shape index (κ2) is 9.28. The molecule has 0 N–H and O–H groups in total. The van der Waals surface area contributed by atoms with Crippen LogP contribution in [0.15, 0.2) is 103 Å². The second-order valence-electron chi connectivity index (χ2n) is 8.04. The number of allylic oxidation sites excluding steroid dienone is 1.